The van der Waals surface area contributed by atoms with Crippen molar-refractivity contribution in [2.45, 2.75) is 12.6 Å². The number of piperazine rings is 1. The number of carbonyl (C=O) groups is 3. The van der Waals surface area contributed by atoms with Crippen molar-refractivity contribution < 1.29 is 33.8 Å². The van der Waals surface area contributed by atoms with Gasteiger partial charge in [-0.25, -0.2) is 9.78 Å². The van der Waals surface area contributed by atoms with Gasteiger partial charge < -0.3 is 35.3 Å². The lowest BCUT2D eigenvalue weighted by Crippen LogP contribution is -2.56. The molecule has 1 atom stereocenters. The van der Waals surface area contributed by atoms with E-state index < -0.39 is 37.7 Å². The molecule has 2 aromatic carbocycles. The molecule has 3 amide bonds. The van der Waals surface area contributed by atoms with Gasteiger partial charge >= 0.3 is 13.7 Å². The van der Waals surface area contributed by atoms with E-state index in [4.69, 9.17) is 5.11 Å². The van der Waals surface area contributed by atoms with E-state index >= 15 is 0 Å². The smallest absolute Gasteiger partial charge is 0.407 e. The fourth-order valence-corrected chi connectivity index (χ4v) is 5.02. The third kappa shape index (κ3) is 7.89. The number of carbonyl (C=O) groups excluding carboxylic acids is 2. The van der Waals surface area contributed by atoms with Crippen molar-refractivity contribution in [1.29, 1.82) is 0 Å². The van der Waals surface area contributed by atoms with Crippen LogP contribution in [0.4, 0.5) is 10.5 Å². The van der Waals surface area contributed by atoms with Crippen LogP contribution in [0.1, 0.15) is 16.1 Å². The zero-order chi connectivity index (χ0) is 28.7. The molecule has 40 heavy (non-hydrogen) atoms. The first-order valence-corrected chi connectivity index (χ1v) is 14.4. The molecule has 1 aliphatic rings. The van der Waals surface area contributed by atoms with Crippen molar-refractivity contribution in [2.24, 2.45) is 0 Å². The van der Waals surface area contributed by atoms with E-state index in [1.165, 1.54) is 11.0 Å². The molecule has 13 heteroatoms. The topological polar surface area (TPSA) is 172 Å². The maximum atomic E-state index is 13.4. The Morgan fingerprint density at radius 1 is 0.900 bits per heavy atom. The molecule has 0 spiro atoms. The molecule has 2 heterocycles. The molecule has 0 saturated carbocycles. The average Bonchev–Trinajstić information content (AvgIpc) is 2.95. The first kappa shape index (κ1) is 28.8. The molecule has 0 radical (unpaired) electrons. The highest BCUT2D eigenvalue weighted by atomic mass is 31.2. The van der Waals surface area contributed by atoms with Gasteiger partial charge in [0.2, 0.25) is 5.91 Å². The fourth-order valence-electron chi connectivity index (χ4n) is 4.30. The molecule has 1 aromatic heterocycles. The molecule has 210 valence electrons. The summed E-state index contributed by atoms with van der Waals surface area (Å²) in [6, 6.07) is 20.6. The predicted octanol–water partition coefficient (Wildman–Crippen LogP) is 2.46. The van der Waals surface area contributed by atoms with Crippen LogP contribution in [0.5, 0.6) is 0 Å². The minimum absolute atomic E-state index is 0.0357. The summed E-state index contributed by atoms with van der Waals surface area (Å²) in [5, 5.41) is 14.9. The predicted molar refractivity (Wildman–Crippen MR) is 148 cm³/mol. The molecule has 1 aliphatic heterocycles. The third-order valence-electron chi connectivity index (χ3n) is 6.35. The Kier molecular flexibility index (Phi) is 9.15. The Bertz CT molecular complexity index is 1390. The number of carboxylic acid groups (broad SMARTS) is 1. The second-order valence-corrected chi connectivity index (χ2v) is 11.0. The standard InChI is InChI=1S/C27H30N5O7P/c33-25(30-24(18-40(37,38)39)26(34)31-11-13-32(14-12-31)27(35)36)23-16-21(28-17-19-7-3-1-4-8-19)15-22(29-23)20-9-5-2-6-10-20/h1-10,15-16,24H,11-14,17-18H2,(H,28,29)(H,30,33)(H,35,36)(H2,37,38,39)/t24-/m0/s1. The lowest BCUT2D eigenvalue weighted by molar-refractivity contribution is -0.134. The van der Waals surface area contributed by atoms with Crippen molar-refractivity contribution >= 4 is 31.2 Å². The van der Waals surface area contributed by atoms with E-state index in [1.807, 2.05) is 60.7 Å². The lowest BCUT2D eigenvalue weighted by atomic mass is 10.1. The van der Waals surface area contributed by atoms with E-state index in [9.17, 15) is 28.7 Å². The van der Waals surface area contributed by atoms with Crippen LogP contribution in [0.3, 0.4) is 0 Å². The SMILES string of the molecule is O=C(N[C@@H](CP(=O)(O)O)C(=O)N1CCN(C(=O)O)CC1)c1cc(NCc2ccccc2)cc(-c2ccccc2)n1. The van der Waals surface area contributed by atoms with Gasteiger partial charge in [-0.15, -0.1) is 0 Å². The largest absolute Gasteiger partial charge is 0.465 e. The Balaban J connectivity index is 1.58. The Morgan fingerprint density at radius 2 is 1.50 bits per heavy atom. The van der Waals surface area contributed by atoms with Gasteiger partial charge in [0.15, 0.2) is 0 Å². The minimum Gasteiger partial charge on any atom is -0.465 e. The minimum atomic E-state index is -4.71. The summed E-state index contributed by atoms with van der Waals surface area (Å²) in [4.78, 5) is 63.9. The van der Waals surface area contributed by atoms with E-state index in [1.54, 1.807) is 6.07 Å². The first-order chi connectivity index (χ1) is 19.1. The zero-order valence-corrected chi connectivity index (χ0v) is 22.4. The number of amides is 3. The van der Waals surface area contributed by atoms with Crippen LogP contribution >= 0.6 is 7.60 Å². The molecular formula is C27H30N5O7P. The summed E-state index contributed by atoms with van der Waals surface area (Å²) in [5.41, 5.74) is 2.80. The number of benzene rings is 2. The Labute approximate surface area is 230 Å². The van der Waals surface area contributed by atoms with Gasteiger partial charge in [0.1, 0.15) is 11.7 Å². The van der Waals surface area contributed by atoms with Gasteiger partial charge in [-0.05, 0) is 17.7 Å². The van der Waals surface area contributed by atoms with Crippen molar-refractivity contribution in [3.8, 4) is 11.3 Å². The Hall–Kier alpha value is -4.25. The molecule has 4 rings (SSSR count). The summed E-state index contributed by atoms with van der Waals surface area (Å²) in [5.74, 6) is -1.49. The first-order valence-electron chi connectivity index (χ1n) is 12.6. The molecule has 0 unspecified atom stereocenters. The molecular weight excluding hydrogens is 537 g/mol. The van der Waals surface area contributed by atoms with Gasteiger partial charge in [0.05, 0.1) is 11.9 Å². The number of hydrogen-bond donors (Lipinski definition) is 5. The van der Waals surface area contributed by atoms with Crippen LogP contribution < -0.4 is 10.6 Å². The van der Waals surface area contributed by atoms with E-state index in [2.05, 4.69) is 15.6 Å². The zero-order valence-electron chi connectivity index (χ0n) is 21.5. The quantitative estimate of drug-likeness (QED) is 0.244. The van der Waals surface area contributed by atoms with Gasteiger partial charge in [-0.1, -0.05) is 60.7 Å². The number of nitrogens with one attached hydrogen (secondary N) is 2. The highest BCUT2D eigenvalue weighted by Gasteiger charge is 2.34. The molecule has 1 fully saturated rings. The number of nitrogens with zero attached hydrogens (tertiary/aromatic N) is 3. The molecule has 3 aromatic rings. The average molecular weight is 568 g/mol. The second-order valence-electron chi connectivity index (χ2n) is 9.30. The summed E-state index contributed by atoms with van der Waals surface area (Å²) >= 11 is 0. The molecule has 5 N–H and O–H groups in total. The summed E-state index contributed by atoms with van der Waals surface area (Å²) < 4.78 is 11.9. The van der Waals surface area contributed by atoms with Gasteiger partial charge in [0.25, 0.3) is 5.91 Å². The maximum absolute atomic E-state index is 13.4. The van der Waals surface area contributed by atoms with Crippen LogP contribution in [0.25, 0.3) is 11.3 Å². The lowest BCUT2D eigenvalue weighted by Gasteiger charge is -2.35. The molecule has 12 nitrogen and oxygen atoms in total. The highest BCUT2D eigenvalue weighted by molar-refractivity contribution is 7.51. The molecule has 0 bridgehead atoms. The second kappa shape index (κ2) is 12.7. The van der Waals surface area contributed by atoms with E-state index in [0.717, 1.165) is 16.0 Å². The van der Waals surface area contributed by atoms with Crippen molar-refractivity contribution in [3.05, 3.63) is 84.1 Å². The number of aromatic nitrogens is 1. The van der Waals surface area contributed by atoms with Gasteiger partial charge in [-0.3, -0.25) is 14.2 Å². The van der Waals surface area contributed by atoms with Crippen LogP contribution in [0, 0.1) is 0 Å². The number of pyridine rings is 1. The maximum Gasteiger partial charge on any atom is 0.407 e. The van der Waals surface area contributed by atoms with Crippen LogP contribution in [0.2, 0.25) is 0 Å². The summed E-state index contributed by atoms with van der Waals surface area (Å²) in [7, 11) is -4.71. The van der Waals surface area contributed by atoms with E-state index in [0.29, 0.717) is 17.9 Å². The third-order valence-corrected chi connectivity index (χ3v) is 7.19. The van der Waals surface area contributed by atoms with Crippen molar-refractivity contribution in [3.63, 3.8) is 0 Å². The van der Waals surface area contributed by atoms with Gasteiger partial charge in [-0.2, -0.15) is 0 Å². The number of anilines is 1. The van der Waals surface area contributed by atoms with Crippen LogP contribution in [-0.4, -0.2) is 86.0 Å². The van der Waals surface area contributed by atoms with Crippen LogP contribution in [0.15, 0.2) is 72.8 Å². The Morgan fingerprint density at radius 3 is 2.10 bits per heavy atom. The molecule has 0 aliphatic carbocycles. The van der Waals surface area contributed by atoms with E-state index in [-0.39, 0.29) is 31.9 Å². The number of rotatable bonds is 9. The molecule has 1 saturated heterocycles. The highest BCUT2D eigenvalue weighted by Crippen LogP contribution is 2.35. The van der Waals surface area contributed by atoms with Crippen molar-refractivity contribution in [2.75, 3.05) is 37.7 Å². The van der Waals surface area contributed by atoms with Crippen molar-refractivity contribution in [1.82, 2.24) is 20.1 Å². The van der Waals surface area contributed by atoms with Crippen LogP contribution in [-0.2, 0) is 15.9 Å². The normalized spacial score (nSPS) is 14.3. The monoisotopic (exact) mass is 567 g/mol. The summed E-state index contributed by atoms with van der Waals surface area (Å²) in [6.07, 6.45) is -2.03. The number of hydrogen-bond acceptors (Lipinski definition) is 6. The fraction of sp³-hybridized carbons (Fsp3) is 0.259. The van der Waals surface area contributed by atoms with Gasteiger partial charge in [0, 0.05) is 44.0 Å². The summed E-state index contributed by atoms with van der Waals surface area (Å²) in [6.45, 7) is 0.646.